The van der Waals surface area contributed by atoms with Crippen LogP contribution in [0.4, 0.5) is 0 Å². The molecule has 0 bridgehead atoms. The SMILES string of the molecule is CCOC(=O)C1=C(C)N=c2s/c(=C\c3cc(Cl)cc(Br)c3OCc3ccc(Cl)c(Cl)c3)c(=O)n2[C@@H]1c1ccc(C)cc1. The number of thiazole rings is 1. The molecule has 1 aliphatic rings. The highest BCUT2D eigenvalue weighted by molar-refractivity contribution is 9.10. The van der Waals surface area contributed by atoms with Crippen LogP contribution >= 0.6 is 62.1 Å². The Bertz CT molecular complexity index is 1920. The van der Waals surface area contributed by atoms with Gasteiger partial charge in [0.25, 0.3) is 5.56 Å². The van der Waals surface area contributed by atoms with Crippen molar-refractivity contribution < 1.29 is 14.3 Å². The Morgan fingerprint density at radius 2 is 1.81 bits per heavy atom. The molecular weight excluding hydrogens is 683 g/mol. The smallest absolute Gasteiger partial charge is 0.338 e. The van der Waals surface area contributed by atoms with E-state index >= 15 is 0 Å². The summed E-state index contributed by atoms with van der Waals surface area (Å²) in [5.41, 5.74) is 3.78. The maximum Gasteiger partial charge on any atom is 0.338 e. The number of rotatable bonds is 7. The lowest BCUT2D eigenvalue weighted by atomic mass is 9.95. The van der Waals surface area contributed by atoms with Crippen LogP contribution in [0.1, 0.15) is 42.1 Å². The number of hydrogen-bond acceptors (Lipinski definition) is 6. The van der Waals surface area contributed by atoms with E-state index in [1.165, 1.54) is 11.3 Å². The minimum Gasteiger partial charge on any atom is -0.487 e. The second-order valence-corrected chi connectivity index (χ2v) is 12.7. The lowest BCUT2D eigenvalue weighted by molar-refractivity contribution is -0.139. The van der Waals surface area contributed by atoms with E-state index in [4.69, 9.17) is 44.3 Å². The van der Waals surface area contributed by atoms with Gasteiger partial charge in [-0.25, -0.2) is 9.79 Å². The molecule has 2 heterocycles. The van der Waals surface area contributed by atoms with Gasteiger partial charge in [0.15, 0.2) is 4.80 Å². The Balaban J connectivity index is 1.63. The number of aromatic nitrogens is 1. The average molecular weight is 707 g/mol. The van der Waals surface area contributed by atoms with Crippen LogP contribution in [0.2, 0.25) is 15.1 Å². The summed E-state index contributed by atoms with van der Waals surface area (Å²) in [4.78, 5) is 32.3. The van der Waals surface area contributed by atoms with Gasteiger partial charge in [0.1, 0.15) is 12.4 Å². The number of nitrogens with zero attached hydrogens (tertiary/aromatic N) is 2. The molecule has 4 aromatic rings. The Labute approximate surface area is 269 Å². The number of carbonyl (C=O) groups is 1. The molecule has 0 saturated carbocycles. The summed E-state index contributed by atoms with van der Waals surface area (Å²) < 4.78 is 14.1. The van der Waals surface area contributed by atoms with Crippen molar-refractivity contribution in [2.24, 2.45) is 4.99 Å². The summed E-state index contributed by atoms with van der Waals surface area (Å²) in [5, 5.41) is 1.34. The van der Waals surface area contributed by atoms with Crippen LogP contribution in [0.5, 0.6) is 5.75 Å². The van der Waals surface area contributed by atoms with Crippen molar-refractivity contribution in [2.45, 2.75) is 33.4 Å². The quantitative estimate of drug-likeness (QED) is 0.188. The van der Waals surface area contributed by atoms with Crippen LogP contribution in [0.25, 0.3) is 6.08 Å². The number of benzene rings is 3. The second kappa shape index (κ2) is 12.8. The first-order valence-electron chi connectivity index (χ1n) is 12.9. The molecule has 0 fully saturated rings. The molecule has 1 aliphatic heterocycles. The van der Waals surface area contributed by atoms with E-state index in [0.717, 1.165) is 16.7 Å². The summed E-state index contributed by atoms with van der Waals surface area (Å²) in [7, 11) is 0. The molecule has 0 spiro atoms. The van der Waals surface area contributed by atoms with Gasteiger partial charge in [0.05, 0.1) is 43.0 Å². The molecular formula is C31H24BrCl3N2O4S. The Hall–Kier alpha value is -2.88. The molecule has 42 heavy (non-hydrogen) atoms. The van der Waals surface area contributed by atoms with Gasteiger partial charge in [-0.3, -0.25) is 9.36 Å². The fourth-order valence-electron chi connectivity index (χ4n) is 4.62. The second-order valence-electron chi connectivity index (χ2n) is 9.56. The number of esters is 1. The number of halogens is 4. The van der Waals surface area contributed by atoms with E-state index < -0.39 is 12.0 Å². The molecule has 216 valence electrons. The van der Waals surface area contributed by atoms with Crippen molar-refractivity contribution in [3.8, 4) is 5.75 Å². The third-order valence-corrected chi connectivity index (χ3v) is 9.13. The van der Waals surface area contributed by atoms with E-state index in [-0.39, 0.29) is 18.8 Å². The number of allylic oxidation sites excluding steroid dienone is 1. The van der Waals surface area contributed by atoms with E-state index in [9.17, 15) is 9.59 Å². The zero-order valence-electron chi connectivity index (χ0n) is 22.7. The maximum absolute atomic E-state index is 14.0. The fraction of sp³-hybridized carbons (Fsp3) is 0.194. The Kier molecular flexibility index (Phi) is 9.30. The molecule has 0 radical (unpaired) electrons. The monoisotopic (exact) mass is 704 g/mol. The molecule has 6 nitrogen and oxygen atoms in total. The molecule has 0 aliphatic carbocycles. The summed E-state index contributed by atoms with van der Waals surface area (Å²) in [6.07, 6.45) is 1.72. The predicted octanol–water partition coefficient (Wildman–Crippen LogP) is 7.41. The zero-order chi connectivity index (χ0) is 30.1. The van der Waals surface area contributed by atoms with Gasteiger partial charge in [0.2, 0.25) is 0 Å². The van der Waals surface area contributed by atoms with Gasteiger partial charge in [-0.1, -0.05) is 82.0 Å². The number of fused-ring (bicyclic) bond motifs is 1. The lowest BCUT2D eigenvalue weighted by Crippen LogP contribution is -2.39. The van der Waals surface area contributed by atoms with Crippen LogP contribution in [0.15, 0.2) is 80.1 Å². The first-order valence-corrected chi connectivity index (χ1v) is 15.6. The van der Waals surface area contributed by atoms with Crippen molar-refractivity contribution in [2.75, 3.05) is 6.61 Å². The van der Waals surface area contributed by atoms with Crippen LogP contribution in [0.3, 0.4) is 0 Å². The van der Waals surface area contributed by atoms with Gasteiger partial charge in [0, 0.05) is 10.6 Å². The molecule has 0 N–H and O–H groups in total. The number of carbonyl (C=O) groups excluding carboxylic acids is 1. The minimum atomic E-state index is -0.695. The van der Waals surface area contributed by atoms with Crippen molar-refractivity contribution >= 4 is 74.1 Å². The van der Waals surface area contributed by atoms with E-state index in [1.807, 2.05) is 37.3 Å². The fourth-order valence-corrected chi connectivity index (χ4v) is 6.93. The Morgan fingerprint density at radius 1 is 1.07 bits per heavy atom. The van der Waals surface area contributed by atoms with Crippen molar-refractivity contribution in [1.82, 2.24) is 4.57 Å². The highest BCUT2D eigenvalue weighted by atomic mass is 79.9. The van der Waals surface area contributed by atoms with Gasteiger partial charge in [-0.05, 0) is 78.2 Å². The van der Waals surface area contributed by atoms with Crippen LogP contribution < -0.4 is 19.6 Å². The molecule has 0 saturated heterocycles. The minimum absolute atomic E-state index is 0.203. The molecule has 1 atom stereocenters. The third-order valence-electron chi connectivity index (χ3n) is 6.60. The first-order chi connectivity index (χ1) is 20.1. The molecule has 1 aromatic heterocycles. The average Bonchev–Trinajstić information content (AvgIpc) is 3.24. The largest absolute Gasteiger partial charge is 0.487 e. The summed E-state index contributed by atoms with van der Waals surface area (Å²) >= 11 is 23.4. The summed E-state index contributed by atoms with van der Waals surface area (Å²) in [6, 6.07) is 15.7. The highest BCUT2D eigenvalue weighted by Crippen LogP contribution is 2.35. The number of hydrogen-bond donors (Lipinski definition) is 0. The predicted molar refractivity (Wildman–Crippen MR) is 172 cm³/mol. The molecule has 3 aromatic carbocycles. The van der Waals surface area contributed by atoms with Crippen LogP contribution in [-0.4, -0.2) is 17.1 Å². The zero-order valence-corrected chi connectivity index (χ0v) is 27.4. The molecule has 11 heteroatoms. The number of aryl methyl sites for hydroxylation is 1. The Morgan fingerprint density at radius 3 is 2.50 bits per heavy atom. The van der Waals surface area contributed by atoms with Gasteiger partial charge < -0.3 is 9.47 Å². The van der Waals surface area contributed by atoms with Gasteiger partial charge >= 0.3 is 5.97 Å². The first kappa shape index (κ1) is 30.6. The van der Waals surface area contributed by atoms with Crippen molar-refractivity contribution in [3.63, 3.8) is 0 Å². The van der Waals surface area contributed by atoms with Gasteiger partial charge in [-0.2, -0.15) is 0 Å². The molecule has 5 rings (SSSR count). The van der Waals surface area contributed by atoms with E-state index in [1.54, 1.807) is 48.8 Å². The van der Waals surface area contributed by atoms with Gasteiger partial charge in [-0.15, -0.1) is 0 Å². The molecule has 0 unspecified atom stereocenters. The maximum atomic E-state index is 14.0. The normalized spacial score (nSPS) is 14.9. The number of ether oxygens (including phenoxy) is 2. The highest BCUT2D eigenvalue weighted by Gasteiger charge is 2.33. The van der Waals surface area contributed by atoms with Crippen molar-refractivity contribution in [1.29, 1.82) is 0 Å². The van der Waals surface area contributed by atoms with E-state index in [2.05, 4.69) is 20.9 Å². The molecule has 0 amide bonds. The summed E-state index contributed by atoms with van der Waals surface area (Å²) in [5.74, 6) is -0.00912. The van der Waals surface area contributed by atoms with Crippen LogP contribution in [-0.2, 0) is 16.1 Å². The van der Waals surface area contributed by atoms with Crippen LogP contribution in [0, 0.1) is 6.92 Å². The summed E-state index contributed by atoms with van der Waals surface area (Å²) in [6.45, 7) is 5.89. The van der Waals surface area contributed by atoms with Crippen molar-refractivity contribution in [3.05, 3.63) is 127 Å². The lowest BCUT2D eigenvalue weighted by Gasteiger charge is -2.24. The third kappa shape index (κ3) is 6.24. The standard InChI is InChI=1S/C31H24BrCl3N2O4S/c1-4-40-30(39)26-17(3)36-31-37(27(26)19-8-5-16(2)6-9-19)29(38)25(42-31)13-20-12-21(33)14-22(32)28(20)41-15-18-7-10-23(34)24(35)11-18/h5-14,27H,4,15H2,1-3H3/b25-13-/t27-/m1/s1. The topological polar surface area (TPSA) is 69.9 Å². The van der Waals surface area contributed by atoms with E-state index in [0.29, 0.717) is 51.5 Å².